The Bertz CT molecular complexity index is 512. The molecule has 0 heterocycles. The van der Waals surface area contributed by atoms with Crippen LogP contribution in [0.25, 0.3) is 0 Å². The summed E-state index contributed by atoms with van der Waals surface area (Å²) < 4.78 is 5.20. The second-order valence-electron chi connectivity index (χ2n) is 4.93. The van der Waals surface area contributed by atoms with Crippen LogP contribution in [0.5, 0.6) is 5.75 Å². The van der Waals surface area contributed by atoms with Gasteiger partial charge in [-0.2, -0.15) is 0 Å². The summed E-state index contributed by atoms with van der Waals surface area (Å²) in [6.07, 6.45) is 0. The van der Waals surface area contributed by atoms with Crippen molar-refractivity contribution >= 4 is 23.2 Å². The molecule has 6 nitrogen and oxygen atoms in total. The highest BCUT2D eigenvalue weighted by atomic mass is 16.5. The van der Waals surface area contributed by atoms with Crippen molar-refractivity contribution in [3.8, 4) is 5.75 Å². The number of methoxy groups -OCH3 is 1. The first-order valence-electron chi connectivity index (χ1n) is 6.26. The molecule has 6 heteroatoms. The van der Waals surface area contributed by atoms with Crippen LogP contribution in [0.15, 0.2) is 18.2 Å². The first-order valence-corrected chi connectivity index (χ1v) is 6.26. The van der Waals surface area contributed by atoms with E-state index in [1.54, 1.807) is 39.1 Å². The average molecular weight is 279 g/mol. The van der Waals surface area contributed by atoms with E-state index in [1.165, 1.54) is 14.0 Å². The van der Waals surface area contributed by atoms with Crippen molar-refractivity contribution in [2.75, 3.05) is 24.8 Å². The molecular formula is C14H21N3O3. The smallest absolute Gasteiger partial charge is 0.244 e. The molecule has 1 aromatic carbocycles. The fourth-order valence-electron chi connectivity index (χ4n) is 1.46. The van der Waals surface area contributed by atoms with Crippen LogP contribution >= 0.6 is 0 Å². The minimum Gasteiger partial charge on any atom is -0.494 e. The average Bonchev–Trinajstić information content (AvgIpc) is 2.39. The monoisotopic (exact) mass is 279 g/mol. The first-order chi connectivity index (χ1) is 9.30. The predicted octanol–water partition coefficient (Wildman–Crippen LogP) is 1.59. The van der Waals surface area contributed by atoms with Gasteiger partial charge in [0.2, 0.25) is 11.8 Å². The molecule has 0 aliphatic rings. The van der Waals surface area contributed by atoms with E-state index in [2.05, 4.69) is 16.0 Å². The number of amides is 2. The molecule has 0 fully saturated rings. The third kappa shape index (κ3) is 3.96. The maximum atomic E-state index is 12.0. The van der Waals surface area contributed by atoms with Gasteiger partial charge < -0.3 is 20.7 Å². The Morgan fingerprint density at radius 3 is 2.35 bits per heavy atom. The Balaban J connectivity index is 2.93. The summed E-state index contributed by atoms with van der Waals surface area (Å²) in [5.74, 6) is 0.144. The lowest BCUT2D eigenvalue weighted by Crippen LogP contribution is -2.47. The molecule has 0 saturated carbocycles. The zero-order valence-corrected chi connectivity index (χ0v) is 12.5. The van der Waals surface area contributed by atoms with Crippen LogP contribution in [0.3, 0.4) is 0 Å². The van der Waals surface area contributed by atoms with Gasteiger partial charge in [-0.3, -0.25) is 9.59 Å². The van der Waals surface area contributed by atoms with Crippen LogP contribution < -0.4 is 20.7 Å². The topological polar surface area (TPSA) is 79.5 Å². The van der Waals surface area contributed by atoms with Crippen molar-refractivity contribution < 1.29 is 14.3 Å². The standard InChI is InChI=1S/C14H21N3O3/c1-9(18)16-11-7-6-10(8-12(11)20-5)17-13(19)14(2,3)15-4/h6-8,15H,1-5H3,(H,16,18)(H,17,19). The number of ether oxygens (including phenoxy) is 1. The highest BCUT2D eigenvalue weighted by Gasteiger charge is 2.25. The SMILES string of the molecule is CNC(C)(C)C(=O)Nc1ccc(NC(C)=O)c(OC)c1. The number of anilines is 2. The highest BCUT2D eigenvalue weighted by molar-refractivity contribution is 5.98. The highest BCUT2D eigenvalue weighted by Crippen LogP contribution is 2.28. The van der Waals surface area contributed by atoms with Gasteiger partial charge >= 0.3 is 0 Å². The molecule has 0 aromatic heterocycles. The molecule has 20 heavy (non-hydrogen) atoms. The van der Waals surface area contributed by atoms with Gasteiger partial charge in [-0.1, -0.05) is 0 Å². The molecule has 0 bridgehead atoms. The van der Waals surface area contributed by atoms with E-state index in [0.29, 0.717) is 17.1 Å². The molecule has 0 unspecified atom stereocenters. The maximum Gasteiger partial charge on any atom is 0.244 e. The second kappa shape index (κ2) is 6.38. The fourth-order valence-corrected chi connectivity index (χ4v) is 1.46. The zero-order chi connectivity index (χ0) is 15.3. The lowest BCUT2D eigenvalue weighted by Gasteiger charge is -2.23. The van der Waals surface area contributed by atoms with Gasteiger partial charge in [-0.05, 0) is 33.0 Å². The molecule has 3 N–H and O–H groups in total. The quantitative estimate of drug-likeness (QED) is 0.764. The number of benzene rings is 1. The van der Waals surface area contributed by atoms with Gasteiger partial charge in [0.1, 0.15) is 5.75 Å². The number of hydrogen-bond donors (Lipinski definition) is 3. The first kappa shape index (κ1) is 16.0. The predicted molar refractivity (Wildman–Crippen MR) is 79.1 cm³/mol. The lowest BCUT2D eigenvalue weighted by atomic mass is 10.1. The number of carbonyl (C=O) groups excluding carboxylic acids is 2. The summed E-state index contributed by atoms with van der Waals surface area (Å²) in [6, 6.07) is 5.05. The molecule has 1 aromatic rings. The van der Waals surface area contributed by atoms with Crippen LogP contribution in [-0.4, -0.2) is 31.5 Å². The second-order valence-corrected chi connectivity index (χ2v) is 4.93. The summed E-state index contributed by atoms with van der Waals surface area (Å²) in [4.78, 5) is 23.1. The number of hydrogen-bond acceptors (Lipinski definition) is 4. The molecular weight excluding hydrogens is 258 g/mol. The van der Waals surface area contributed by atoms with E-state index >= 15 is 0 Å². The minimum atomic E-state index is -0.677. The van der Waals surface area contributed by atoms with Crippen molar-refractivity contribution in [3.05, 3.63) is 18.2 Å². The van der Waals surface area contributed by atoms with E-state index in [0.717, 1.165) is 0 Å². The van der Waals surface area contributed by atoms with Gasteiger partial charge in [0, 0.05) is 18.7 Å². The number of nitrogens with one attached hydrogen (secondary N) is 3. The summed E-state index contributed by atoms with van der Waals surface area (Å²) in [5, 5.41) is 8.38. The van der Waals surface area contributed by atoms with Gasteiger partial charge in [0.05, 0.1) is 18.3 Å². The lowest BCUT2D eigenvalue weighted by molar-refractivity contribution is -0.121. The molecule has 0 atom stereocenters. The minimum absolute atomic E-state index is 0.158. The summed E-state index contributed by atoms with van der Waals surface area (Å²) in [5.41, 5.74) is 0.485. The van der Waals surface area contributed by atoms with Gasteiger partial charge in [-0.25, -0.2) is 0 Å². The van der Waals surface area contributed by atoms with E-state index in [4.69, 9.17) is 4.74 Å². The number of carbonyl (C=O) groups is 2. The van der Waals surface area contributed by atoms with Gasteiger partial charge in [0.25, 0.3) is 0 Å². The van der Waals surface area contributed by atoms with Crippen molar-refractivity contribution in [2.45, 2.75) is 26.3 Å². The van der Waals surface area contributed by atoms with E-state index in [-0.39, 0.29) is 11.8 Å². The number of likely N-dealkylation sites (N-methyl/N-ethyl adjacent to an activating group) is 1. The van der Waals surface area contributed by atoms with Gasteiger partial charge in [0.15, 0.2) is 0 Å². The Kier molecular flexibility index (Phi) is 5.10. The Morgan fingerprint density at radius 2 is 1.85 bits per heavy atom. The number of rotatable bonds is 5. The molecule has 1 rings (SSSR count). The van der Waals surface area contributed by atoms with Crippen LogP contribution in [0, 0.1) is 0 Å². The van der Waals surface area contributed by atoms with Gasteiger partial charge in [-0.15, -0.1) is 0 Å². The summed E-state index contributed by atoms with van der Waals surface area (Å²) >= 11 is 0. The van der Waals surface area contributed by atoms with Crippen LogP contribution in [0.1, 0.15) is 20.8 Å². The molecule has 0 aliphatic carbocycles. The third-order valence-electron chi connectivity index (χ3n) is 2.96. The normalized spacial score (nSPS) is 10.8. The van der Waals surface area contributed by atoms with Crippen LogP contribution in [0.2, 0.25) is 0 Å². The van der Waals surface area contributed by atoms with E-state index in [1.807, 2.05) is 0 Å². The molecule has 110 valence electrons. The largest absolute Gasteiger partial charge is 0.494 e. The van der Waals surface area contributed by atoms with E-state index < -0.39 is 5.54 Å². The van der Waals surface area contributed by atoms with Crippen LogP contribution in [-0.2, 0) is 9.59 Å². The molecule has 0 aliphatic heterocycles. The summed E-state index contributed by atoms with van der Waals surface area (Å²) in [7, 11) is 3.23. The van der Waals surface area contributed by atoms with Crippen molar-refractivity contribution in [1.82, 2.24) is 5.32 Å². The third-order valence-corrected chi connectivity index (χ3v) is 2.96. The summed E-state index contributed by atoms with van der Waals surface area (Å²) in [6.45, 7) is 4.99. The van der Waals surface area contributed by atoms with E-state index in [9.17, 15) is 9.59 Å². The molecule has 0 spiro atoms. The fraction of sp³-hybridized carbons (Fsp3) is 0.429. The zero-order valence-electron chi connectivity index (χ0n) is 12.5. The Labute approximate surface area is 118 Å². The van der Waals surface area contributed by atoms with Crippen LogP contribution in [0.4, 0.5) is 11.4 Å². The Hall–Kier alpha value is -2.08. The van der Waals surface area contributed by atoms with Crippen molar-refractivity contribution in [3.63, 3.8) is 0 Å². The maximum absolute atomic E-state index is 12.0. The molecule has 2 amide bonds. The molecule has 0 radical (unpaired) electrons. The molecule has 0 saturated heterocycles. The van der Waals surface area contributed by atoms with Crippen molar-refractivity contribution in [1.29, 1.82) is 0 Å². The Morgan fingerprint density at radius 1 is 1.20 bits per heavy atom. The van der Waals surface area contributed by atoms with Crippen molar-refractivity contribution in [2.24, 2.45) is 0 Å².